The van der Waals surface area contributed by atoms with Gasteiger partial charge in [-0.2, -0.15) is 0 Å². The van der Waals surface area contributed by atoms with Crippen molar-refractivity contribution >= 4 is 38.9 Å². The van der Waals surface area contributed by atoms with E-state index in [1.165, 1.54) is 12.1 Å². The van der Waals surface area contributed by atoms with E-state index in [1.54, 1.807) is 37.3 Å². The van der Waals surface area contributed by atoms with Crippen LogP contribution in [0.3, 0.4) is 0 Å². The van der Waals surface area contributed by atoms with Gasteiger partial charge < -0.3 is 9.84 Å². The van der Waals surface area contributed by atoms with E-state index in [-0.39, 0.29) is 26.6 Å². The number of aryl methyl sites for hydroxylation is 2. The van der Waals surface area contributed by atoms with Gasteiger partial charge in [-0.15, -0.1) is 0 Å². The molecule has 0 saturated carbocycles. The van der Waals surface area contributed by atoms with Crippen LogP contribution in [0.25, 0.3) is 0 Å². The average molecular weight is 494 g/mol. The van der Waals surface area contributed by atoms with Crippen molar-refractivity contribution in [2.24, 2.45) is 0 Å². The predicted octanol–water partition coefficient (Wildman–Crippen LogP) is 7.34. The van der Waals surface area contributed by atoms with E-state index < -0.39 is 10.0 Å². The number of nitrogens with one attached hydrogen (secondary N) is 1. The summed E-state index contributed by atoms with van der Waals surface area (Å²) in [7, 11) is -3.89. The monoisotopic (exact) mass is 493 g/mol. The number of benzene rings is 3. The lowest BCUT2D eigenvalue weighted by Gasteiger charge is -2.17. The quantitative estimate of drug-likeness (QED) is 0.376. The maximum atomic E-state index is 12.9. The fraction of sp³-hybridized carbons (Fsp3) is 0.250. The van der Waals surface area contributed by atoms with Gasteiger partial charge in [-0.25, -0.2) is 8.42 Å². The molecule has 0 fully saturated rings. The van der Waals surface area contributed by atoms with Crippen molar-refractivity contribution in [3.63, 3.8) is 0 Å². The topological polar surface area (TPSA) is 75.6 Å². The van der Waals surface area contributed by atoms with Gasteiger partial charge in [0.25, 0.3) is 10.0 Å². The predicted molar refractivity (Wildman–Crippen MR) is 130 cm³/mol. The van der Waals surface area contributed by atoms with Gasteiger partial charge in [0.1, 0.15) is 17.2 Å². The molecule has 0 radical (unpaired) electrons. The Bertz CT molecular complexity index is 1240. The van der Waals surface area contributed by atoms with E-state index in [0.717, 1.165) is 16.7 Å². The van der Waals surface area contributed by atoms with Gasteiger partial charge in [0.15, 0.2) is 0 Å². The minimum atomic E-state index is -3.89. The van der Waals surface area contributed by atoms with Crippen molar-refractivity contribution in [3.05, 3.63) is 74.8 Å². The molecule has 2 N–H and O–H groups in total. The number of hydrogen-bond acceptors (Lipinski definition) is 4. The summed E-state index contributed by atoms with van der Waals surface area (Å²) in [5, 5.41) is 10.6. The Balaban J connectivity index is 1.90. The second kappa shape index (κ2) is 9.22. The summed E-state index contributed by atoms with van der Waals surface area (Å²) < 4.78 is 34.4. The second-order valence-electron chi connectivity index (χ2n) is 8.03. The fourth-order valence-corrected chi connectivity index (χ4v) is 5.05. The molecule has 3 aromatic rings. The largest absolute Gasteiger partial charge is 0.508 e. The van der Waals surface area contributed by atoms with Gasteiger partial charge in [-0.1, -0.05) is 37.0 Å². The Morgan fingerprint density at radius 1 is 0.938 bits per heavy atom. The highest BCUT2D eigenvalue weighted by Gasteiger charge is 2.19. The Morgan fingerprint density at radius 3 is 2.03 bits per heavy atom. The summed E-state index contributed by atoms with van der Waals surface area (Å²) in [4.78, 5) is -0.0148. The zero-order chi connectivity index (χ0) is 23.8. The molecule has 3 rings (SSSR count). The maximum Gasteiger partial charge on any atom is 0.261 e. The van der Waals surface area contributed by atoms with Crippen molar-refractivity contribution in [2.45, 2.75) is 45.4 Å². The number of anilines is 1. The van der Waals surface area contributed by atoms with Crippen molar-refractivity contribution in [1.82, 2.24) is 0 Å². The van der Waals surface area contributed by atoms with Gasteiger partial charge in [0.2, 0.25) is 0 Å². The van der Waals surface area contributed by atoms with Gasteiger partial charge >= 0.3 is 0 Å². The third-order valence-electron chi connectivity index (χ3n) is 5.12. The maximum absolute atomic E-state index is 12.9. The molecule has 0 aliphatic carbocycles. The zero-order valence-corrected chi connectivity index (χ0v) is 20.8. The van der Waals surface area contributed by atoms with Gasteiger partial charge in [-0.05, 0) is 85.8 Å². The molecule has 0 amide bonds. The molecule has 0 aliphatic rings. The molecular weight excluding hydrogens is 469 g/mol. The number of sulfonamides is 1. The van der Waals surface area contributed by atoms with Crippen LogP contribution in [0.2, 0.25) is 10.0 Å². The van der Waals surface area contributed by atoms with E-state index in [0.29, 0.717) is 22.7 Å². The Labute approximate surface area is 199 Å². The smallest absolute Gasteiger partial charge is 0.261 e. The van der Waals surface area contributed by atoms with Crippen LogP contribution in [0.4, 0.5) is 5.69 Å². The lowest BCUT2D eigenvalue weighted by atomic mass is 10.0. The first kappa shape index (κ1) is 24.2. The summed E-state index contributed by atoms with van der Waals surface area (Å²) in [5.41, 5.74) is 3.31. The summed E-state index contributed by atoms with van der Waals surface area (Å²) in [5.74, 6) is 1.58. The minimum Gasteiger partial charge on any atom is -0.508 e. The third kappa shape index (κ3) is 5.14. The van der Waals surface area contributed by atoms with E-state index in [4.69, 9.17) is 27.9 Å². The SMILES string of the molecule is Cc1cc(NS(=O)(=O)c2cc(Cl)c(C)c(Cl)c2)cc(C)c1Oc1ccc(O)c(C(C)C)c1. The number of halogens is 2. The van der Waals surface area contributed by atoms with E-state index in [2.05, 4.69) is 4.72 Å². The first-order valence-corrected chi connectivity index (χ1v) is 12.2. The highest BCUT2D eigenvalue weighted by molar-refractivity contribution is 7.92. The Hall–Kier alpha value is -2.41. The highest BCUT2D eigenvalue weighted by atomic mass is 35.5. The summed E-state index contributed by atoms with van der Waals surface area (Å²) in [6.07, 6.45) is 0. The summed E-state index contributed by atoms with van der Waals surface area (Å²) in [6.45, 7) is 9.38. The first-order valence-electron chi connectivity index (χ1n) is 9.99. The number of phenols is 1. The van der Waals surface area contributed by atoms with E-state index in [1.807, 2.05) is 27.7 Å². The number of ether oxygens (including phenoxy) is 1. The summed E-state index contributed by atoms with van der Waals surface area (Å²) >= 11 is 12.2. The zero-order valence-electron chi connectivity index (χ0n) is 18.5. The lowest BCUT2D eigenvalue weighted by molar-refractivity contribution is 0.452. The van der Waals surface area contributed by atoms with Crippen LogP contribution in [0, 0.1) is 20.8 Å². The van der Waals surface area contributed by atoms with Crippen molar-refractivity contribution in [2.75, 3.05) is 4.72 Å². The van der Waals surface area contributed by atoms with Crippen LogP contribution < -0.4 is 9.46 Å². The molecule has 32 heavy (non-hydrogen) atoms. The molecule has 8 heteroatoms. The molecule has 0 unspecified atom stereocenters. The van der Waals surface area contributed by atoms with Crippen LogP contribution in [0.5, 0.6) is 17.2 Å². The minimum absolute atomic E-state index is 0.0148. The van der Waals surface area contributed by atoms with Crippen molar-refractivity contribution < 1.29 is 18.3 Å². The molecule has 0 aliphatic heterocycles. The highest BCUT2D eigenvalue weighted by Crippen LogP contribution is 2.36. The molecule has 0 atom stereocenters. The Morgan fingerprint density at radius 2 is 1.50 bits per heavy atom. The van der Waals surface area contributed by atoms with Crippen LogP contribution in [0.15, 0.2) is 47.4 Å². The number of rotatable bonds is 6. The van der Waals surface area contributed by atoms with Crippen molar-refractivity contribution in [1.29, 1.82) is 0 Å². The first-order chi connectivity index (χ1) is 14.9. The number of phenolic OH excluding ortho intramolecular Hbond substituents is 1. The van der Waals surface area contributed by atoms with Crippen LogP contribution in [-0.4, -0.2) is 13.5 Å². The van der Waals surface area contributed by atoms with Crippen LogP contribution in [0.1, 0.15) is 42.0 Å². The lowest BCUT2D eigenvalue weighted by Crippen LogP contribution is -2.13. The average Bonchev–Trinajstić information content (AvgIpc) is 2.69. The Kier molecular flexibility index (Phi) is 6.98. The van der Waals surface area contributed by atoms with Gasteiger partial charge in [0.05, 0.1) is 4.90 Å². The fourth-order valence-electron chi connectivity index (χ4n) is 3.34. The molecule has 5 nitrogen and oxygen atoms in total. The summed E-state index contributed by atoms with van der Waals surface area (Å²) in [6, 6.07) is 11.2. The van der Waals surface area contributed by atoms with Gasteiger partial charge in [0, 0.05) is 21.3 Å². The molecule has 0 bridgehead atoms. The molecule has 0 aromatic heterocycles. The normalized spacial score (nSPS) is 11.6. The number of aromatic hydroxyl groups is 1. The van der Waals surface area contributed by atoms with Crippen LogP contribution >= 0.6 is 23.2 Å². The van der Waals surface area contributed by atoms with Crippen LogP contribution in [-0.2, 0) is 10.0 Å². The molecule has 170 valence electrons. The molecule has 3 aromatic carbocycles. The molecule has 0 spiro atoms. The standard InChI is InChI=1S/C24H25Cl2NO4S/c1-13(2)20-10-18(6-7-23(20)28)31-24-14(3)8-17(9-15(24)4)27-32(29,30)19-11-21(25)16(5)22(26)12-19/h6-13,27-28H,1-5H3. The van der Waals surface area contributed by atoms with Crippen molar-refractivity contribution in [3.8, 4) is 17.2 Å². The van der Waals surface area contributed by atoms with E-state index >= 15 is 0 Å². The molecule has 0 saturated heterocycles. The molecular formula is C24H25Cl2NO4S. The second-order valence-corrected chi connectivity index (χ2v) is 10.5. The molecule has 0 heterocycles. The third-order valence-corrected chi connectivity index (χ3v) is 7.26. The van der Waals surface area contributed by atoms with Gasteiger partial charge in [-0.3, -0.25) is 4.72 Å². The van der Waals surface area contributed by atoms with E-state index in [9.17, 15) is 13.5 Å². The number of hydrogen-bond donors (Lipinski definition) is 2.